The zero-order valence-corrected chi connectivity index (χ0v) is 16.7. The average molecular weight is 452 g/mol. The first kappa shape index (κ1) is 19.9. The van der Waals surface area contributed by atoms with Gasteiger partial charge in [-0.2, -0.15) is 0 Å². The summed E-state index contributed by atoms with van der Waals surface area (Å²) in [7, 11) is 3.00. The Hall–Kier alpha value is -0.430. The van der Waals surface area contributed by atoms with Gasteiger partial charge in [0.25, 0.3) is 0 Å². The van der Waals surface area contributed by atoms with Gasteiger partial charge in [-0.15, -0.1) is 10.2 Å². The number of halogens is 6. The van der Waals surface area contributed by atoms with Gasteiger partial charge in [0, 0.05) is 5.56 Å². The van der Waals surface area contributed by atoms with E-state index in [1.807, 2.05) is 0 Å². The van der Waals surface area contributed by atoms with Gasteiger partial charge < -0.3 is 9.47 Å². The molecule has 0 saturated heterocycles. The fourth-order valence-electron chi connectivity index (χ4n) is 1.98. The molecule has 1 aromatic carbocycles. The minimum absolute atomic E-state index is 0.00900. The summed E-state index contributed by atoms with van der Waals surface area (Å²) in [5.41, 5.74) is 0.577. The molecule has 0 spiro atoms. The van der Waals surface area contributed by atoms with Crippen LogP contribution < -0.4 is 9.47 Å². The van der Waals surface area contributed by atoms with Crippen LogP contribution in [0.25, 0.3) is 11.3 Å². The van der Waals surface area contributed by atoms with E-state index in [0.717, 1.165) is 0 Å². The van der Waals surface area contributed by atoms with E-state index in [1.54, 1.807) is 18.2 Å². The van der Waals surface area contributed by atoms with Crippen LogP contribution in [-0.2, 0) is 7.59 Å². The molecule has 0 saturated carbocycles. The molecule has 1 aromatic heterocycles. The van der Waals surface area contributed by atoms with E-state index in [1.165, 1.54) is 14.2 Å². The Morgan fingerprint density at radius 3 is 1.96 bits per heavy atom. The van der Waals surface area contributed by atoms with Crippen LogP contribution in [0.2, 0.25) is 0 Å². The molecule has 0 atom stereocenters. The van der Waals surface area contributed by atoms with Gasteiger partial charge in [0.2, 0.25) is 7.59 Å². The maximum Gasteiger partial charge on any atom is 0.234 e. The summed E-state index contributed by atoms with van der Waals surface area (Å²) in [5, 5.41) is 11.2. The first-order chi connectivity index (χ1) is 11.1. The van der Waals surface area contributed by atoms with Crippen molar-refractivity contribution in [1.29, 1.82) is 0 Å². The maximum absolute atomic E-state index is 6.05. The molecule has 0 amide bonds. The Bertz CT molecular complexity index is 745. The third-order valence-corrected chi connectivity index (χ3v) is 4.08. The zero-order valence-electron chi connectivity index (χ0n) is 12.2. The Labute approximate surface area is 168 Å². The number of ether oxygens (including phenoxy) is 2. The first-order valence-corrected chi connectivity index (χ1v) is 8.46. The smallest absolute Gasteiger partial charge is 0.234 e. The second-order valence-corrected chi connectivity index (χ2v) is 8.99. The topological polar surface area (TPSA) is 57.1 Å². The van der Waals surface area contributed by atoms with Gasteiger partial charge in [0.1, 0.15) is 11.4 Å². The Morgan fingerprint density at radius 1 is 0.833 bits per heavy atom. The van der Waals surface area contributed by atoms with Crippen LogP contribution >= 0.6 is 69.6 Å². The van der Waals surface area contributed by atoms with Crippen LogP contribution in [0.3, 0.4) is 0 Å². The van der Waals surface area contributed by atoms with E-state index in [-0.39, 0.29) is 17.0 Å². The van der Waals surface area contributed by atoms with E-state index < -0.39 is 7.59 Å². The lowest BCUT2D eigenvalue weighted by molar-refractivity contribution is 0.355. The molecule has 130 valence electrons. The third-order valence-electron chi connectivity index (χ3n) is 2.97. The lowest BCUT2D eigenvalue weighted by Crippen LogP contribution is -2.18. The molecule has 1 heterocycles. The number of benzene rings is 1. The molecule has 0 radical (unpaired) electrons. The highest BCUT2D eigenvalue weighted by molar-refractivity contribution is 6.69. The molecule has 0 aliphatic rings. The minimum Gasteiger partial charge on any atom is -0.493 e. The largest absolute Gasteiger partial charge is 0.493 e. The van der Waals surface area contributed by atoms with Crippen LogP contribution in [0.15, 0.2) is 18.2 Å². The van der Waals surface area contributed by atoms with Gasteiger partial charge in [0.15, 0.2) is 11.5 Å². The number of hydrogen-bond acceptors (Lipinski definition) is 5. The minimum atomic E-state index is -1.96. The molecule has 0 aliphatic heterocycles. The summed E-state index contributed by atoms with van der Waals surface area (Å²) in [6.07, 6.45) is 0. The van der Waals surface area contributed by atoms with Crippen LogP contribution in [-0.4, -0.2) is 29.6 Å². The predicted molar refractivity (Wildman–Crippen MR) is 96.8 cm³/mol. The van der Waals surface area contributed by atoms with E-state index in [0.29, 0.717) is 17.1 Å². The summed E-state index contributed by atoms with van der Waals surface area (Å²) in [6, 6.07) is 4.96. The van der Waals surface area contributed by atoms with Crippen molar-refractivity contribution in [2.45, 2.75) is 7.59 Å². The summed E-state index contributed by atoms with van der Waals surface area (Å²) < 4.78 is 6.53. The van der Waals surface area contributed by atoms with Crippen LogP contribution in [0, 0.1) is 0 Å². The van der Waals surface area contributed by atoms with E-state index in [4.69, 9.17) is 79.1 Å². The van der Waals surface area contributed by atoms with Gasteiger partial charge in [-0.3, -0.25) is 0 Å². The zero-order chi connectivity index (χ0) is 18.1. The van der Waals surface area contributed by atoms with E-state index >= 15 is 0 Å². The lowest BCUT2D eigenvalue weighted by Gasteiger charge is -2.21. The number of nitrogens with zero attached hydrogens (tertiary/aromatic N) is 3. The molecule has 24 heavy (non-hydrogen) atoms. The van der Waals surface area contributed by atoms with Crippen molar-refractivity contribution >= 4 is 69.6 Å². The summed E-state index contributed by atoms with van der Waals surface area (Å²) in [5.74, 6) is 0.958. The SMILES string of the molecule is COc1ccc(-c2nnnc(C(Cl)(Cl)Cl)c2C(Cl)(Cl)Cl)cc1OC. The summed E-state index contributed by atoms with van der Waals surface area (Å²) in [6.45, 7) is 0. The van der Waals surface area contributed by atoms with Crippen LogP contribution in [0.5, 0.6) is 11.5 Å². The van der Waals surface area contributed by atoms with E-state index in [9.17, 15) is 0 Å². The quantitative estimate of drug-likeness (QED) is 0.599. The normalized spacial score (nSPS) is 12.2. The third kappa shape index (κ3) is 4.21. The fourth-order valence-corrected chi connectivity index (χ4v) is 2.91. The molecule has 0 aliphatic carbocycles. The van der Waals surface area contributed by atoms with Crippen molar-refractivity contribution in [2.24, 2.45) is 0 Å². The molecule has 2 aromatic rings. The van der Waals surface area contributed by atoms with Gasteiger partial charge in [-0.05, 0) is 23.4 Å². The van der Waals surface area contributed by atoms with Crippen molar-refractivity contribution in [1.82, 2.24) is 15.4 Å². The molecule has 0 N–H and O–H groups in total. The van der Waals surface area contributed by atoms with Gasteiger partial charge in [-0.1, -0.05) is 69.6 Å². The summed E-state index contributed by atoms with van der Waals surface area (Å²) in [4.78, 5) is 0. The van der Waals surface area contributed by atoms with Crippen molar-refractivity contribution in [3.8, 4) is 22.8 Å². The highest BCUT2D eigenvalue weighted by atomic mass is 35.6. The van der Waals surface area contributed by atoms with E-state index in [2.05, 4.69) is 15.4 Å². The van der Waals surface area contributed by atoms with Crippen molar-refractivity contribution in [3.63, 3.8) is 0 Å². The van der Waals surface area contributed by atoms with Crippen molar-refractivity contribution in [2.75, 3.05) is 14.2 Å². The highest BCUT2D eigenvalue weighted by Gasteiger charge is 2.40. The number of aromatic nitrogens is 3. The summed E-state index contributed by atoms with van der Waals surface area (Å²) >= 11 is 35.9. The number of rotatable bonds is 3. The van der Waals surface area contributed by atoms with Gasteiger partial charge >= 0.3 is 0 Å². The predicted octanol–water partition coefficient (Wildman–Crippen LogP) is 5.21. The van der Waals surface area contributed by atoms with Gasteiger partial charge in [-0.25, -0.2) is 0 Å². The average Bonchev–Trinajstić information content (AvgIpc) is 2.51. The standard InChI is InChI=1S/C13H9Cl6N3O2/c1-23-7-4-3-6(5-8(7)24-2)10-9(12(14,15)16)11(13(17,18)19)21-22-20-10/h3-5H,1-2H3. The monoisotopic (exact) mass is 449 g/mol. The molecule has 2 rings (SSSR count). The molecular weight excluding hydrogens is 443 g/mol. The maximum atomic E-state index is 6.05. The highest BCUT2D eigenvalue weighted by Crippen LogP contribution is 2.50. The second-order valence-electron chi connectivity index (χ2n) is 4.43. The fraction of sp³-hybridized carbons (Fsp3) is 0.308. The molecule has 5 nitrogen and oxygen atoms in total. The Kier molecular flexibility index (Phi) is 6.17. The first-order valence-electron chi connectivity index (χ1n) is 6.19. The number of methoxy groups -OCH3 is 2. The Morgan fingerprint density at radius 2 is 1.46 bits per heavy atom. The van der Waals surface area contributed by atoms with Crippen LogP contribution in [0.4, 0.5) is 0 Å². The molecule has 0 bridgehead atoms. The molecular formula is C13H9Cl6N3O2. The van der Waals surface area contributed by atoms with Crippen LogP contribution in [0.1, 0.15) is 11.3 Å². The van der Waals surface area contributed by atoms with Gasteiger partial charge in [0.05, 0.1) is 19.8 Å². The van der Waals surface area contributed by atoms with Crippen molar-refractivity contribution < 1.29 is 9.47 Å². The molecule has 11 heteroatoms. The lowest BCUT2D eigenvalue weighted by atomic mass is 10.1. The molecule has 0 unspecified atom stereocenters. The Balaban J connectivity index is 2.76. The van der Waals surface area contributed by atoms with Crippen molar-refractivity contribution in [3.05, 3.63) is 29.5 Å². The number of hydrogen-bond donors (Lipinski definition) is 0. The molecule has 0 fully saturated rings. The second kappa shape index (κ2) is 7.44. The number of alkyl halides is 6.